The summed E-state index contributed by atoms with van der Waals surface area (Å²) in [6.45, 7) is 6.62. The first-order chi connectivity index (χ1) is 16.4. The second-order valence-corrected chi connectivity index (χ2v) is 11.1. The fraction of sp³-hybridized carbons (Fsp3) is 0.292. The lowest BCUT2D eigenvalue weighted by atomic mass is 9.97. The summed E-state index contributed by atoms with van der Waals surface area (Å²) < 4.78 is 55.3. The molecule has 184 valence electrons. The minimum Gasteiger partial charge on any atom is -0.365 e. The Morgan fingerprint density at radius 1 is 1.14 bits per heavy atom. The van der Waals surface area contributed by atoms with E-state index in [-0.39, 0.29) is 27.6 Å². The molecule has 3 N–H and O–H groups in total. The largest absolute Gasteiger partial charge is 0.365 e. The minimum absolute atomic E-state index is 0.0977. The molecule has 1 fully saturated rings. The zero-order valence-corrected chi connectivity index (χ0v) is 20.2. The number of aromatic nitrogens is 2. The molecule has 1 unspecified atom stereocenters. The van der Waals surface area contributed by atoms with Crippen LogP contribution < -0.4 is 16.0 Å². The lowest BCUT2D eigenvalue weighted by molar-refractivity contribution is 0.0997. The molecule has 1 aliphatic heterocycles. The predicted octanol–water partition coefficient (Wildman–Crippen LogP) is 4.05. The number of pyridine rings is 2. The van der Waals surface area contributed by atoms with Crippen molar-refractivity contribution in [1.29, 1.82) is 0 Å². The molecule has 1 amide bonds. The molecule has 8 nitrogen and oxygen atoms in total. The summed E-state index contributed by atoms with van der Waals surface area (Å²) in [5, 5.41) is 2.05. The van der Waals surface area contributed by atoms with E-state index in [1.54, 1.807) is 0 Å². The number of nitrogens with one attached hydrogen (secondary N) is 1. The number of anilines is 3. The number of para-hydroxylation sites is 1. The number of benzene rings is 1. The molecule has 0 aliphatic carbocycles. The van der Waals surface area contributed by atoms with Gasteiger partial charge in [0.15, 0.2) is 5.03 Å². The molecule has 11 heteroatoms. The number of nitrogens with zero attached hydrogens (tertiary/aromatic N) is 3. The quantitative estimate of drug-likeness (QED) is 0.523. The molecule has 1 atom stereocenters. The standard InChI is InChI=1S/C24H25F2N5O3S/c1-14-12-24(2,3)31(13-14)23-20(22(27)32)17(10-11-28-23)35(33,34)19-9-5-8-18(29-19)30-21-15(25)6-4-7-16(21)26/h4-11,14H,12-13H2,1-3H3,(H2,27,32)(H,29,30). The van der Waals surface area contributed by atoms with Gasteiger partial charge in [-0.05, 0) is 56.5 Å². The maximum absolute atomic E-state index is 14.0. The topological polar surface area (TPSA) is 118 Å². The first-order valence-corrected chi connectivity index (χ1v) is 12.4. The fourth-order valence-corrected chi connectivity index (χ4v) is 5.95. The van der Waals surface area contributed by atoms with Crippen molar-refractivity contribution in [3.63, 3.8) is 0 Å². The highest BCUT2D eigenvalue weighted by atomic mass is 32.2. The van der Waals surface area contributed by atoms with Crippen LogP contribution in [0.2, 0.25) is 0 Å². The van der Waals surface area contributed by atoms with Crippen molar-refractivity contribution in [3.8, 4) is 0 Å². The Balaban J connectivity index is 1.80. The van der Waals surface area contributed by atoms with Crippen LogP contribution in [0.15, 0.2) is 58.6 Å². The van der Waals surface area contributed by atoms with E-state index in [0.717, 1.165) is 18.6 Å². The number of carbonyl (C=O) groups is 1. The van der Waals surface area contributed by atoms with Crippen LogP contribution in [-0.4, -0.2) is 36.4 Å². The Kier molecular flexibility index (Phi) is 6.22. The van der Waals surface area contributed by atoms with E-state index in [1.807, 2.05) is 18.7 Å². The van der Waals surface area contributed by atoms with Gasteiger partial charge in [0, 0.05) is 18.3 Å². The lowest BCUT2D eigenvalue weighted by Crippen LogP contribution is -2.40. The van der Waals surface area contributed by atoms with E-state index >= 15 is 0 Å². The molecule has 1 saturated heterocycles. The number of halogens is 2. The van der Waals surface area contributed by atoms with Crippen molar-refractivity contribution in [3.05, 3.63) is 65.9 Å². The van der Waals surface area contributed by atoms with Crippen LogP contribution in [0.5, 0.6) is 0 Å². The number of primary amides is 1. The number of sulfone groups is 1. The summed E-state index contributed by atoms with van der Waals surface area (Å²) in [7, 11) is -4.36. The molecule has 1 aliphatic rings. The van der Waals surface area contributed by atoms with Gasteiger partial charge in [-0.2, -0.15) is 0 Å². The maximum atomic E-state index is 14.0. The van der Waals surface area contributed by atoms with Crippen LogP contribution in [0.4, 0.5) is 26.1 Å². The van der Waals surface area contributed by atoms with Gasteiger partial charge in [-0.15, -0.1) is 0 Å². The molecule has 0 saturated carbocycles. The van der Waals surface area contributed by atoms with Gasteiger partial charge in [-0.1, -0.05) is 19.1 Å². The molecular weight excluding hydrogens is 476 g/mol. The van der Waals surface area contributed by atoms with Crippen LogP contribution in [-0.2, 0) is 9.84 Å². The number of rotatable bonds is 6. The zero-order chi connectivity index (χ0) is 25.5. The predicted molar refractivity (Wildman–Crippen MR) is 127 cm³/mol. The summed E-state index contributed by atoms with van der Waals surface area (Å²) in [5.41, 5.74) is 4.59. The molecule has 0 radical (unpaired) electrons. The van der Waals surface area contributed by atoms with E-state index in [1.165, 1.54) is 36.5 Å². The summed E-state index contributed by atoms with van der Waals surface area (Å²) in [5.74, 6) is -2.27. The van der Waals surface area contributed by atoms with Crippen LogP contribution in [0, 0.1) is 17.6 Å². The minimum atomic E-state index is -4.36. The third kappa shape index (κ3) is 4.55. The van der Waals surface area contributed by atoms with Gasteiger partial charge in [-0.3, -0.25) is 4.79 Å². The van der Waals surface area contributed by atoms with Crippen LogP contribution in [0.1, 0.15) is 37.6 Å². The highest BCUT2D eigenvalue weighted by Gasteiger charge is 2.40. The third-order valence-electron chi connectivity index (χ3n) is 5.97. The number of carbonyl (C=O) groups excluding carboxylic acids is 1. The Hall–Kier alpha value is -3.60. The van der Waals surface area contributed by atoms with Crippen molar-refractivity contribution in [2.45, 2.75) is 42.7 Å². The summed E-state index contributed by atoms with van der Waals surface area (Å²) >= 11 is 0. The van der Waals surface area contributed by atoms with Crippen LogP contribution in [0.25, 0.3) is 0 Å². The number of nitrogens with two attached hydrogens (primary N) is 1. The van der Waals surface area contributed by atoms with Gasteiger partial charge < -0.3 is 16.0 Å². The van der Waals surface area contributed by atoms with Gasteiger partial charge in [-0.25, -0.2) is 27.2 Å². The van der Waals surface area contributed by atoms with Crippen molar-refractivity contribution < 1.29 is 22.0 Å². The van der Waals surface area contributed by atoms with E-state index in [0.29, 0.717) is 12.5 Å². The average Bonchev–Trinajstić information content (AvgIpc) is 3.07. The number of hydrogen-bond donors (Lipinski definition) is 2. The van der Waals surface area contributed by atoms with Gasteiger partial charge >= 0.3 is 0 Å². The van der Waals surface area contributed by atoms with Gasteiger partial charge in [0.2, 0.25) is 9.84 Å². The highest BCUT2D eigenvalue weighted by Crippen LogP contribution is 2.39. The molecule has 35 heavy (non-hydrogen) atoms. The van der Waals surface area contributed by atoms with Crippen LogP contribution >= 0.6 is 0 Å². The highest BCUT2D eigenvalue weighted by molar-refractivity contribution is 7.91. The third-order valence-corrected chi connectivity index (χ3v) is 7.67. The molecule has 2 aromatic heterocycles. The first kappa shape index (κ1) is 24.5. The average molecular weight is 502 g/mol. The van der Waals surface area contributed by atoms with Gasteiger partial charge in [0.05, 0.1) is 4.90 Å². The summed E-state index contributed by atoms with van der Waals surface area (Å²) in [6, 6.07) is 8.49. The van der Waals surface area contributed by atoms with E-state index < -0.39 is 38.1 Å². The smallest absolute Gasteiger partial charge is 0.253 e. The Bertz CT molecular complexity index is 1390. The Labute approximate surface area is 202 Å². The molecule has 1 aromatic carbocycles. The van der Waals surface area contributed by atoms with E-state index in [2.05, 4.69) is 22.2 Å². The van der Waals surface area contributed by atoms with Gasteiger partial charge in [0.1, 0.15) is 34.5 Å². The molecular formula is C24H25F2N5O3S. The molecule has 3 aromatic rings. The normalized spacial score (nSPS) is 17.4. The van der Waals surface area contributed by atoms with E-state index in [4.69, 9.17) is 5.73 Å². The molecule has 0 bridgehead atoms. The second kappa shape index (κ2) is 8.88. The molecule has 3 heterocycles. The van der Waals surface area contributed by atoms with Crippen LogP contribution in [0.3, 0.4) is 0 Å². The SMILES string of the molecule is CC1CN(c2nccc(S(=O)(=O)c3cccc(Nc4c(F)cccc4F)n3)c2C(N)=O)C(C)(C)C1. The fourth-order valence-electron chi connectivity index (χ4n) is 4.55. The lowest BCUT2D eigenvalue weighted by Gasteiger charge is -2.33. The van der Waals surface area contributed by atoms with E-state index in [9.17, 15) is 22.0 Å². The first-order valence-electron chi connectivity index (χ1n) is 10.9. The Morgan fingerprint density at radius 3 is 2.40 bits per heavy atom. The number of amides is 1. The summed E-state index contributed by atoms with van der Waals surface area (Å²) in [6.07, 6.45) is 2.14. The maximum Gasteiger partial charge on any atom is 0.253 e. The second-order valence-electron chi connectivity index (χ2n) is 9.19. The molecule has 4 rings (SSSR count). The zero-order valence-electron chi connectivity index (χ0n) is 19.4. The van der Waals surface area contributed by atoms with Crippen molar-refractivity contribution in [1.82, 2.24) is 9.97 Å². The van der Waals surface area contributed by atoms with Crippen molar-refractivity contribution in [2.24, 2.45) is 11.7 Å². The van der Waals surface area contributed by atoms with Crippen molar-refractivity contribution >= 4 is 33.1 Å². The summed E-state index contributed by atoms with van der Waals surface area (Å²) in [4.78, 5) is 22.4. The molecule has 0 spiro atoms. The van der Waals surface area contributed by atoms with Crippen molar-refractivity contribution in [2.75, 3.05) is 16.8 Å². The van der Waals surface area contributed by atoms with Gasteiger partial charge in [0.25, 0.3) is 5.91 Å². The number of hydrogen-bond acceptors (Lipinski definition) is 7. The monoisotopic (exact) mass is 501 g/mol. The Morgan fingerprint density at radius 2 is 1.80 bits per heavy atom.